The Morgan fingerprint density at radius 3 is 2.48 bits per heavy atom. The molecule has 0 spiro atoms. The zero-order chi connectivity index (χ0) is 21.1. The Balaban J connectivity index is 1.67. The lowest BCUT2D eigenvalue weighted by Gasteiger charge is -2.13. The van der Waals surface area contributed by atoms with E-state index in [4.69, 9.17) is 0 Å². The number of carbonyl (C=O) groups excluding carboxylic acids is 2. The van der Waals surface area contributed by atoms with Crippen molar-refractivity contribution in [2.24, 2.45) is 0 Å². The number of hydrogen-bond acceptors (Lipinski definition) is 6. The van der Waals surface area contributed by atoms with E-state index in [9.17, 15) is 30.8 Å². The molecule has 2 amide bonds. The number of sulfonamides is 1. The third kappa shape index (κ3) is 3.29. The summed E-state index contributed by atoms with van der Waals surface area (Å²) in [4.78, 5) is 24.5. The largest absolute Gasteiger partial charge is 0.319 e. The number of nitrogens with one attached hydrogen (secondary N) is 1. The molecule has 29 heavy (non-hydrogen) atoms. The molecular formula is C18H15FN2O6S2. The molecule has 0 unspecified atom stereocenters. The molecule has 2 aliphatic rings. The monoisotopic (exact) mass is 438 g/mol. The number of sulfone groups is 1. The summed E-state index contributed by atoms with van der Waals surface area (Å²) in [5.41, 5.74) is -0.488. The first-order valence-electron chi connectivity index (χ1n) is 8.54. The van der Waals surface area contributed by atoms with Crippen LogP contribution >= 0.6 is 0 Å². The molecule has 1 saturated carbocycles. The van der Waals surface area contributed by atoms with Gasteiger partial charge in [0, 0.05) is 17.9 Å². The van der Waals surface area contributed by atoms with Crippen LogP contribution in [0.2, 0.25) is 0 Å². The van der Waals surface area contributed by atoms with Gasteiger partial charge in [-0.15, -0.1) is 0 Å². The predicted molar refractivity (Wildman–Crippen MR) is 100 cm³/mol. The molecule has 11 heteroatoms. The summed E-state index contributed by atoms with van der Waals surface area (Å²) in [5, 5.41) is 2.24. The van der Waals surface area contributed by atoms with Crippen molar-refractivity contribution in [2.75, 3.05) is 11.6 Å². The number of anilines is 1. The first-order chi connectivity index (χ1) is 13.5. The normalized spacial score (nSPS) is 17.9. The van der Waals surface area contributed by atoms with Gasteiger partial charge in [0.1, 0.15) is 10.7 Å². The van der Waals surface area contributed by atoms with Gasteiger partial charge in [0.05, 0.1) is 16.1 Å². The van der Waals surface area contributed by atoms with Crippen LogP contribution < -0.4 is 5.32 Å². The van der Waals surface area contributed by atoms with Crippen molar-refractivity contribution >= 4 is 37.4 Å². The number of amides is 2. The van der Waals surface area contributed by atoms with E-state index in [0.717, 1.165) is 34.8 Å². The van der Waals surface area contributed by atoms with Crippen LogP contribution in [0.1, 0.15) is 33.6 Å². The Labute approximate surface area is 166 Å². The molecule has 1 aliphatic heterocycles. The average Bonchev–Trinajstić information content (AvgIpc) is 3.43. The highest BCUT2D eigenvalue weighted by Gasteiger charge is 2.48. The van der Waals surface area contributed by atoms with Crippen LogP contribution in [0.4, 0.5) is 10.1 Å². The van der Waals surface area contributed by atoms with Gasteiger partial charge in [-0.25, -0.2) is 25.5 Å². The van der Waals surface area contributed by atoms with Crippen molar-refractivity contribution in [1.82, 2.24) is 4.31 Å². The van der Waals surface area contributed by atoms with Crippen molar-refractivity contribution in [3.05, 3.63) is 53.3 Å². The van der Waals surface area contributed by atoms with Crippen molar-refractivity contribution in [3.63, 3.8) is 0 Å². The number of halogens is 1. The van der Waals surface area contributed by atoms with Gasteiger partial charge in [-0.3, -0.25) is 9.59 Å². The molecule has 0 atom stereocenters. The summed E-state index contributed by atoms with van der Waals surface area (Å²) < 4.78 is 63.5. The summed E-state index contributed by atoms with van der Waals surface area (Å²) in [6.45, 7) is 0. The molecular weight excluding hydrogens is 423 g/mol. The SMILES string of the molecule is CS(=O)(=O)c1ccc(F)c(NC(=O)c2ccc3c(c2)S(=O)(=O)N(C2CC2)C3=O)c1. The average molecular weight is 438 g/mol. The highest BCUT2D eigenvalue weighted by Crippen LogP contribution is 2.39. The molecule has 1 N–H and O–H groups in total. The predicted octanol–water partition coefficient (Wildman–Crippen LogP) is 1.79. The smallest absolute Gasteiger partial charge is 0.269 e. The summed E-state index contributed by atoms with van der Waals surface area (Å²) in [6.07, 6.45) is 2.14. The minimum atomic E-state index is -4.05. The van der Waals surface area contributed by atoms with Gasteiger partial charge in [-0.05, 0) is 49.2 Å². The van der Waals surface area contributed by atoms with E-state index in [0.29, 0.717) is 12.8 Å². The molecule has 8 nitrogen and oxygen atoms in total. The van der Waals surface area contributed by atoms with Crippen molar-refractivity contribution < 1.29 is 30.8 Å². The maximum Gasteiger partial charge on any atom is 0.269 e. The molecule has 4 rings (SSSR count). The molecule has 152 valence electrons. The van der Waals surface area contributed by atoms with E-state index in [1.54, 1.807) is 0 Å². The van der Waals surface area contributed by atoms with Gasteiger partial charge in [0.25, 0.3) is 21.8 Å². The second-order valence-corrected chi connectivity index (χ2v) is 10.7. The highest BCUT2D eigenvalue weighted by molar-refractivity contribution is 7.90. The van der Waals surface area contributed by atoms with Crippen LogP contribution in [0.3, 0.4) is 0 Å². The second kappa shape index (κ2) is 6.36. The lowest BCUT2D eigenvalue weighted by molar-refractivity contribution is 0.0864. The number of carbonyl (C=O) groups is 2. The number of nitrogens with zero attached hydrogens (tertiary/aromatic N) is 1. The Morgan fingerprint density at radius 2 is 1.86 bits per heavy atom. The molecule has 2 aromatic rings. The van der Waals surface area contributed by atoms with Crippen molar-refractivity contribution in [1.29, 1.82) is 0 Å². The Bertz CT molecular complexity index is 1280. The minimum absolute atomic E-state index is 0.0151. The highest BCUT2D eigenvalue weighted by atomic mass is 32.2. The lowest BCUT2D eigenvalue weighted by Crippen LogP contribution is -2.31. The first-order valence-corrected chi connectivity index (χ1v) is 11.9. The lowest BCUT2D eigenvalue weighted by atomic mass is 10.1. The zero-order valence-electron chi connectivity index (χ0n) is 15.0. The number of rotatable bonds is 4. The van der Waals surface area contributed by atoms with Gasteiger partial charge in [-0.2, -0.15) is 0 Å². The number of benzene rings is 2. The van der Waals surface area contributed by atoms with Crippen LogP contribution in [0.5, 0.6) is 0 Å². The van der Waals surface area contributed by atoms with Gasteiger partial charge < -0.3 is 5.32 Å². The zero-order valence-corrected chi connectivity index (χ0v) is 16.7. The van der Waals surface area contributed by atoms with E-state index in [2.05, 4.69) is 5.32 Å². The maximum absolute atomic E-state index is 14.0. The van der Waals surface area contributed by atoms with Crippen LogP contribution in [0, 0.1) is 5.82 Å². The van der Waals surface area contributed by atoms with Crippen molar-refractivity contribution in [3.8, 4) is 0 Å². The molecule has 0 aromatic heterocycles. The van der Waals surface area contributed by atoms with Crippen LogP contribution in [0.25, 0.3) is 0 Å². The Hall–Kier alpha value is -2.79. The molecule has 0 bridgehead atoms. The maximum atomic E-state index is 14.0. The topological polar surface area (TPSA) is 118 Å². The summed E-state index contributed by atoms with van der Waals surface area (Å²) in [6, 6.07) is 6.17. The minimum Gasteiger partial charge on any atom is -0.319 e. The third-order valence-electron chi connectivity index (χ3n) is 4.70. The fourth-order valence-electron chi connectivity index (χ4n) is 3.08. The van der Waals surface area contributed by atoms with Crippen LogP contribution in [0.15, 0.2) is 46.2 Å². The van der Waals surface area contributed by atoms with Crippen molar-refractivity contribution in [2.45, 2.75) is 28.7 Å². The van der Waals surface area contributed by atoms with Gasteiger partial charge >= 0.3 is 0 Å². The Kier molecular flexibility index (Phi) is 4.28. The first kappa shape index (κ1) is 19.5. The van der Waals surface area contributed by atoms with Gasteiger partial charge in [0.15, 0.2) is 9.84 Å². The fourth-order valence-corrected chi connectivity index (χ4v) is 5.57. The van der Waals surface area contributed by atoms with Crippen LogP contribution in [-0.4, -0.2) is 45.3 Å². The summed E-state index contributed by atoms with van der Waals surface area (Å²) in [7, 11) is -7.67. The third-order valence-corrected chi connectivity index (χ3v) is 7.69. The quantitative estimate of drug-likeness (QED) is 0.728. The Morgan fingerprint density at radius 1 is 1.17 bits per heavy atom. The molecule has 2 aromatic carbocycles. The molecule has 0 saturated heterocycles. The van der Waals surface area contributed by atoms with E-state index >= 15 is 0 Å². The number of hydrogen-bond donors (Lipinski definition) is 1. The second-order valence-electron chi connectivity index (χ2n) is 6.92. The molecule has 1 heterocycles. The van der Waals surface area contributed by atoms with E-state index in [-0.39, 0.29) is 32.6 Å². The van der Waals surface area contributed by atoms with E-state index in [1.165, 1.54) is 12.1 Å². The standard InChI is InChI=1S/C18H15FN2O6S2/c1-28(24,25)12-5-7-14(19)15(9-12)20-17(22)10-2-6-13-16(8-10)29(26,27)21(18(13)23)11-3-4-11/h2,5-9,11H,3-4H2,1H3,(H,20,22). The van der Waals surface area contributed by atoms with Gasteiger partial charge in [-0.1, -0.05) is 0 Å². The summed E-state index contributed by atoms with van der Waals surface area (Å²) in [5.74, 6) is -2.32. The molecule has 1 aliphatic carbocycles. The van der Waals surface area contributed by atoms with Crippen LogP contribution in [-0.2, 0) is 19.9 Å². The number of fused-ring (bicyclic) bond motifs is 1. The van der Waals surface area contributed by atoms with Gasteiger partial charge in [0.2, 0.25) is 0 Å². The van der Waals surface area contributed by atoms with E-state index in [1.807, 2.05) is 0 Å². The molecule has 0 radical (unpaired) electrons. The fraction of sp³-hybridized carbons (Fsp3) is 0.222. The summed E-state index contributed by atoms with van der Waals surface area (Å²) >= 11 is 0. The van der Waals surface area contributed by atoms with E-state index < -0.39 is 37.5 Å². The molecule has 1 fully saturated rings.